The highest BCUT2D eigenvalue weighted by Gasteiger charge is 2.38. The van der Waals surface area contributed by atoms with Crippen LogP contribution in [-0.4, -0.2) is 55.6 Å². The minimum atomic E-state index is -0.673. The van der Waals surface area contributed by atoms with E-state index in [0.717, 1.165) is 12.8 Å². The summed E-state index contributed by atoms with van der Waals surface area (Å²) in [5, 5.41) is 5.17. The maximum absolute atomic E-state index is 12.7. The number of nitrogens with one attached hydrogen (secondary N) is 2. The smallest absolute Gasteiger partial charge is 0.407 e. The molecule has 0 aliphatic carbocycles. The molecule has 0 unspecified atom stereocenters. The Morgan fingerprint density at radius 3 is 2.57 bits per heavy atom. The third-order valence-electron chi connectivity index (χ3n) is 4.02. The zero-order valence-electron chi connectivity index (χ0n) is 13.1. The summed E-state index contributed by atoms with van der Waals surface area (Å²) < 4.78 is 4.58. The third kappa shape index (κ3) is 4.09. The fourth-order valence-corrected chi connectivity index (χ4v) is 2.52. The van der Waals surface area contributed by atoms with E-state index in [1.807, 2.05) is 13.8 Å². The quantitative estimate of drug-likeness (QED) is 0.773. The first-order chi connectivity index (χ1) is 9.96. The van der Waals surface area contributed by atoms with Crippen molar-refractivity contribution in [1.29, 1.82) is 0 Å². The third-order valence-corrected chi connectivity index (χ3v) is 4.02. The van der Waals surface area contributed by atoms with Crippen LogP contribution in [0.15, 0.2) is 0 Å². The molecular formula is C14H25N3O4. The first-order valence-electron chi connectivity index (χ1n) is 7.32. The van der Waals surface area contributed by atoms with Crippen LogP contribution in [0.5, 0.6) is 0 Å². The Morgan fingerprint density at radius 1 is 1.38 bits per heavy atom. The Balaban J connectivity index is 2.88. The van der Waals surface area contributed by atoms with Gasteiger partial charge < -0.3 is 20.3 Å². The van der Waals surface area contributed by atoms with Crippen LogP contribution in [0.3, 0.4) is 0 Å². The summed E-state index contributed by atoms with van der Waals surface area (Å²) in [6.07, 6.45) is 1.54. The number of hydrogen-bond acceptors (Lipinski definition) is 4. The van der Waals surface area contributed by atoms with Crippen LogP contribution in [0.1, 0.15) is 33.1 Å². The molecule has 3 atom stereocenters. The second kappa shape index (κ2) is 7.85. The van der Waals surface area contributed by atoms with Crippen LogP contribution < -0.4 is 10.6 Å². The molecule has 1 heterocycles. The van der Waals surface area contributed by atoms with Crippen LogP contribution in [-0.2, 0) is 14.3 Å². The normalized spacial score (nSPS) is 20.6. The van der Waals surface area contributed by atoms with Gasteiger partial charge >= 0.3 is 6.09 Å². The van der Waals surface area contributed by atoms with E-state index in [1.165, 1.54) is 7.11 Å². The molecule has 0 aromatic rings. The highest BCUT2D eigenvalue weighted by atomic mass is 16.5. The Hall–Kier alpha value is -1.79. The van der Waals surface area contributed by atoms with E-state index in [0.29, 0.717) is 13.0 Å². The van der Waals surface area contributed by atoms with Gasteiger partial charge in [-0.3, -0.25) is 9.59 Å². The van der Waals surface area contributed by atoms with Crippen molar-refractivity contribution in [3.8, 4) is 0 Å². The number of hydrogen-bond donors (Lipinski definition) is 2. The summed E-state index contributed by atoms with van der Waals surface area (Å²) in [5.41, 5.74) is 0. The summed E-state index contributed by atoms with van der Waals surface area (Å²) in [4.78, 5) is 37.6. The van der Waals surface area contributed by atoms with Gasteiger partial charge in [-0.05, 0) is 18.8 Å². The van der Waals surface area contributed by atoms with Gasteiger partial charge in [-0.15, -0.1) is 0 Å². The predicted molar refractivity (Wildman–Crippen MR) is 77.6 cm³/mol. The summed E-state index contributed by atoms with van der Waals surface area (Å²) in [5.74, 6) is -0.426. The molecule has 0 radical (unpaired) electrons. The minimum absolute atomic E-state index is 0.0393. The number of rotatable bonds is 5. The van der Waals surface area contributed by atoms with E-state index < -0.39 is 18.2 Å². The monoisotopic (exact) mass is 299 g/mol. The number of carbonyl (C=O) groups is 3. The molecule has 1 saturated heterocycles. The lowest BCUT2D eigenvalue weighted by atomic mass is 9.97. The lowest BCUT2D eigenvalue weighted by Gasteiger charge is -2.30. The molecule has 21 heavy (non-hydrogen) atoms. The topological polar surface area (TPSA) is 87.7 Å². The summed E-state index contributed by atoms with van der Waals surface area (Å²) in [7, 11) is 2.82. The fourth-order valence-electron chi connectivity index (χ4n) is 2.52. The molecule has 1 fully saturated rings. The lowest BCUT2D eigenvalue weighted by Crippen LogP contribution is -2.55. The van der Waals surface area contributed by atoms with Gasteiger partial charge in [0.25, 0.3) is 0 Å². The molecule has 120 valence electrons. The van der Waals surface area contributed by atoms with Crippen molar-refractivity contribution in [2.24, 2.45) is 5.92 Å². The highest BCUT2D eigenvalue weighted by molar-refractivity contribution is 5.91. The molecule has 7 heteroatoms. The number of carbonyl (C=O) groups excluding carboxylic acids is 3. The number of methoxy groups -OCH3 is 1. The molecule has 2 N–H and O–H groups in total. The zero-order chi connectivity index (χ0) is 16.0. The summed E-state index contributed by atoms with van der Waals surface area (Å²) in [6.45, 7) is 4.38. The molecule has 1 aliphatic rings. The Bertz CT molecular complexity index is 400. The van der Waals surface area contributed by atoms with E-state index >= 15 is 0 Å². The second-order valence-corrected chi connectivity index (χ2v) is 5.30. The lowest BCUT2D eigenvalue weighted by molar-refractivity contribution is -0.140. The average Bonchev–Trinajstić information content (AvgIpc) is 2.99. The SMILES string of the molecule is CC[C@H](C)[C@H](NC(=O)OC)C(=O)N1CCC[C@H]1C(=O)NC. The van der Waals surface area contributed by atoms with Crippen molar-refractivity contribution in [3.63, 3.8) is 0 Å². The van der Waals surface area contributed by atoms with Crippen molar-refractivity contribution < 1.29 is 19.1 Å². The molecule has 0 aromatic carbocycles. The van der Waals surface area contributed by atoms with Crippen molar-refractivity contribution in [1.82, 2.24) is 15.5 Å². The van der Waals surface area contributed by atoms with Gasteiger partial charge in [0.05, 0.1) is 7.11 Å². The maximum Gasteiger partial charge on any atom is 0.407 e. The van der Waals surface area contributed by atoms with Crippen LogP contribution in [0.4, 0.5) is 4.79 Å². The molecular weight excluding hydrogens is 274 g/mol. The van der Waals surface area contributed by atoms with Gasteiger partial charge in [-0.25, -0.2) is 4.79 Å². The number of alkyl carbamates (subject to hydrolysis) is 1. The molecule has 1 rings (SSSR count). The second-order valence-electron chi connectivity index (χ2n) is 5.30. The zero-order valence-corrected chi connectivity index (χ0v) is 13.1. The molecule has 1 aliphatic heterocycles. The molecule has 0 aromatic heterocycles. The van der Waals surface area contributed by atoms with Crippen molar-refractivity contribution in [2.75, 3.05) is 20.7 Å². The van der Waals surface area contributed by atoms with Crippen molar-refractivity contribution in [2.45, 2.75) is 45.2 Å². The molecule has 0 saturated carbocycles. The van der Waals surface area contributed by atoms with E-state index in [-0.39, 0.29) is 17.7 Å². The number of likely N-dealkylation sites (N-methyl/N-ethyl adjacent to an activating group) is 1. The summed E-state index contributed by atoms with van der Waals surface area (Å²) in [6, 6.07) is -1.12. The Labute approximate surface area is 125 Å². The van der Waals surface area contributed by atoms with E-state index in [4.69, 9.17) is 0 Å². The first kappa shape index (κ1) is 17.3. The molecule has 0 spiro atoms. The predicted octanol–water partition coefficient (Wildman–Crippen LogP) is 0.494. The average molecular weight is 299 g/mol. The van der Waals surface area contributed by atoms with Gasteiger partial charge in [0.1, 0.15) is 12.1 Å². The van der Waals surface area contributed by atoms with Crippen LogP contribution >= 0.6 is 0 Å². The van der Waals surface area contributed by atoms with Crippen molar-refractivity contribution >= 4 is 17.9 Å². The van der Waals surface area contributed by atoms with Gasteiger partial charge in [0.15, 0.2) is 0 Å². The van der Waals surface area contributed by atoms with E-state index in [2.05, 4.69) is 15.4 Å². The number of ether oxygens (including phenoxy) is 1. The van der Waals surface area contributed by atoms with Gasteiger partial charge in [-0.1, -0.05) is 20.3 Å². The highest BCUT2D eigenvalue weighted by Crippen LogP contribution is 2.21. The number of nitrogens with zero attached hydrogens (tertiary/aromatic N) is 1. The number of likely N-dealkylation sites (tertiary alicyclic amines) is 1. The summed E-state index contributed by atoms with van der Waals surface area (Å²) >= 11 is 0. The van der Waals surface area contributed by atoms with Gasteiger partial charge in [0.2, 0.25) is 11.8 Å². The Kier molecular flexibility index (Phi) is 6.45. The van der Waals surface area contributed by atoms with Gasteiger partial charge in [0, 0.05) is 13.6 Å². The van der Waals surface area contributed by atoms with Crippen molar-refractivity contribution in [3.05, 3.63) is 0 Å². The molecule has 0 bridgehead atoms. The molecule has 7 nitrogen and oxygen atoms in total. The number of amides is 3. The molecule has 3 amide bonds. The minimum Gasteiger partial charge on any atom is -0.453 e. The van der Waals surface area contributed by atoms with Gasteiger partial charge in [-0.2, -0.15) is 0 Å². The maximum atomic E-state index is 12.7. The largest absolute Gasteiger partial charge is 0.453 e. The fraction of sp³-hybridized carbons (Fsp3) is 0.786. The van der Waals surface area contributed by atoms with Crippen LogP contribution in [0.25, 0.3) is 0 Å². The van der Waals surface area contributed by atoms with Crippen LogP contribution in [0, 0.1) is 5.92 Å². The van der Waals surface area contributed by atoms with E-state index in [1.54, 1.807) is 11.9 Å². The van der Waals surface area contributed by atoms with E-state index in [9.17, 15) is 14.4 Å². The first-order valence-corrected chi connectivity index (χ1v) is 7.32. The Morgan fingerprint density at radius 2 is 2.05 bits per heavy atom. The standard InChI is InChI=1S/C14H25N3O4/c1-5-9(2)11(16-14(20)21-4)13(19)17-8-6-7-10(17)12(18)15-3/h9-11H,5-8H2,1-4H3,(H,15,18)(H,16,20)/t9-,10-,11-/m0/s1. The van der Waals surface area contributed by atoms with Crippen LogP contribution in [0.2, 0.25) is 0 Å².